The Bertz CT molecular complexity index is 924. The summed E-state index contributed by atoms with van der Waals surface area (Å²) in [5.74, 6) is -0.659. The van der Waals surface area contributed by atoms with Gasteiger partial charge >= 0.3 is 0 Å². The Kier molecular flexibility index (Phi) is 7.01. The van der Waals surface area contributed by atoms with Gasteiger partial charge in [0.2, 0.25) is 11.8 Å². The fourth-order valence-electron chi connectivity index (χ4n) is 3.08. The van der Waals surface area contributed by atoms with Crippen LogP contribution in [0.25, 0.3) is 6.08 Å². The van der Waals surface area contributed by atoms with Crippen molar-refractivity contribution >= 4 is 35.2 Å². The molecular weight excluding hydrogens is 393 g/mol. The van der Waals surface area contributed by atoms with Gasteiger partial charge in [0.25, 0.3) is 0 Å². The third-order valence-electron chi connectivity index (χ3n) is 4.77. The maximum absolute atomic E-state index is 13.2. The van der Waals surface area contributed by atoms with Crippen LogP contribution in [-0.2, 0) is 9.59 Å². The molecule has 3 rings (SSSR count). The zero-order chi connectivity index (χ0) is 20.8. The van der Waals surface area contributed by atoms with Crippen LogP contribution >= 0.6 is 11.6 Å². The summed E-state index contributed by atoms with van der Waals surface area (Å²) in [6.45, 7) is 4.43. The summed E-state index contributed by atoms with van der Waals surface area (Å²) in [5, 5.41) is 3.36. The third-order valence-corrected chi connectivity index (χ3v) is 5.18. The molecule has 1 aliphatic heterocycles. The van der Waals surface area contributed by atoms with Gasteiger partial charge in [-0.3, -0.25) is 14.5 Å². The molecule has 1 heterocycles. The number of aryl methyl sites for hydroxylation is 1. The summed E-state index contributed by atoms with van der Waals surface area (Å²) in [4.78, 5) is 28.3. The van der Waals surface area contributed by atoms with Gasteiger partial charge in [0.15, 0.2) is 0 Å². The van der Waals surface area contributed by atoms with Crippen molar-refractivity contribution in [3.63, 3.8) is 0 Å². The lowest BCUT2D eigenvalue weighted by molar-refractivity contribution is -0.127. The van der Waals surface area contributed by atoms with Gasteiger partial charge in [0.1, 0.15) is 5.82 Å². The van der Waals surface area contributed by atoms with E-state index in [0.29, 0.717) is 36.9 Å². The summed E-state index contributed by atoms with van der Waals surface area (Å²) in [7, 11) is 0. The smallest absolute Gasteiger partial charge is 0.246 e. The quantitative estimate of drug-likeness (QED) is 0.759. The molecule has 0 atom stereocenters. The number of hydrogen-bond acceptors (Lipinski definition) is 3. The molecular formula is C22H23ClFN3O2. The van der Waals surface area contributed by atoms with Crippen molar-refractivity contribution < 1.29 is 14.0 Å². The fraction of sp³-hybridized carbons (Fsp3) is 0.273. The lowest BCUT2D eigenvalue weighted by Crippen LogP contribution is -2.50. The highest BCUT2D eigenvalue weighted by Gasteiger charge is 2.21. The van der Waals surface area contributed by atoms with Gasteiger partial charge in [0, 0.05) is 43.0 Å². The Morgan fingerprint density at radius 1 is 1.14 bits per heavy atom. The molecule has 0 unspecified atom stereocenters. The van der Waals surface area contributed by atoms with E-state index in [9.17, 15) is 14.0 Å². The normalized spacial score (nSPS) is 14.9. The second-order valence-electron chi connectivity index (χ2n) is 7.00. The predicted octanol–water partition coefficient (Wildman–Crippen LogP) is 3.58. The lowest BCUT2D eigenvalue weighted by atomic mass is 10.1. The first-order valence-electron chi connectivity index (χ1n) is 9.41. The number of benzene rings is 2. The second-order valence-corrected chi connectivity index (χ2v) is 7.41. The zero-order valence-electron chi connectivity index (χ0n) is 16.2. The minimum atomic E-state index is -0.393. The molecule has 1 N–H and O–H groups in total. The number of hydrogen-bond donors (Lipinski definition) is 1. The minimum absolute atomic E-state index is 0.0643. The number of piperazine rings is 1. The van der Waals surface area contributed by atoms with Crippen LogP contribution in [0, 0.1) is 12.7 Å². The van der Waals surface area contributed by atoms with Crippen LogP contribution in [0.3, 0.4) is 0 Å². The number of carbonyl (C=O) groups excluding carboxylic acids is 2. The largest absolute Gasteiger partial charge is 0.337 e. The minimum Gasteiger partial charge on any atom is -0.337 e. The van der Waals surface area contributed by atoms with Crippen LogP contribution < -0.4 is 5.32 Å². The highest BCUT2D eigenvalue weighted by atomic mass is 35.5. The first kappa shape index (κ1) is 21.0. The van der Waals surface area contributed by atoms with Gasteiger partial charge < -0.3 is 10.2 Å². The van der Waals surface area contributed by atoms with Crippen molar-refractivity contribution in [1.82, 2.24) is 9.80 Å². The average Bonchev–Trinajstić information content (AvgIpc) is 2.69. The first-order chi connectivity index (χ1) is 13.9. The molecule has 5 nitrogen and oxygen atoms in total. The number of carbonyl (C=O) groups is 2. The number of nitrogens with zero attached hydrogens (tertiary/aromatic N) is 2. The number of halogens is 2. The molecule has 1 saturated heterocycles. The molecule has 0 aliphatic carbocycles. The number of nitrogens with one attached hydrogen (secondary N) is 1. The molecule has 152 valence electrons. The van der Waals surface area contributed by atoms with E-state index >= 15 is 0 Å². The average molecular weight is 416 g/mol. The van der Waals surface area contributed by atoms with Crippen LogP contribution in [0.4, 0.5) is 10.1 Å². The Hall–Kier alpha value is -2.70. The highest BCUT2D eigenvalue weighted by Crippen LogP contribution is 2.17. The van der Waals surface area contributed by atoms with E-state index in [1.165, 1.54) is 12.1 Å². The second kappa shape index (κ2) is 9.67. The van der Waals surface area contributed by atoms with E-state index < -0.39 is 5.82 Å². The summed E-state index contributed by atoms with van der Waals surface area (Å²) < 4.78 is 13.2. The number of rotatable bonds is 5. The Balaban J connectivity index is 1.45. The van der Waals surface area contributed by atoms with E-state index in [2.05, 4.69) is 5.32 Å². The Labute approximate surface area is 174 Å². The van der Waals surface area contributed by atoms with Gasteiger partial charge in [-0.2, -0.15) is 0 Å². The van der Waals surface area contributed by atoms with Gasteiger partial charge in [-0.05, 0) is 48.4 Å². The van der Waals surface area contributed by atoms with Crippen molar-refractivity contribution in [3.05, 3.63) is 70.5 Å². The first-order valence-corrected chi connectivity index (χ1v) is 9.79. The zero-order valence-corrected chi connectivity index (χ0v) is 17.0. The van der Waals surface area contributed by atoms with Crippen LogP contribution in [0.15, 0.2) is 48.5 Å². The van der Waals surface area contributed by atoms with E-state index in [1.807, 2.05) is 30.0 Å². The molecule has 2 aromatic carbocycles. The SMILES string of the molecule is Cc1ccc(C=CC(=O)N2CCN(CC(=O)Nc3cccc(F)c3)CC2)cc1Cl. The maximum Gasteiger partial charge on any atom is 0.246 e. The molecule has 0 bridgehead atoms. The number of anilines is 1. The molecule has 29 heavy (non-hydrogen) atoms. The molecule has 0 radical (unpaired) electrons. The summed E-state index contributed by atoms with van der Waals surface area (Å²) in [5.41, 5.74) is 2.31. The summed E-state index contributed by atoms with van der Waals surface area (Å²) >= 11 is 6.11. The van der Waals surface area contributed by atoms with Crippen molar-refractivity contribution in [2.24, 2.45) is 0 Å². The van der Waals surface area contributed by atoms with Crippen LogP contribution in [0.5, 0.6) is 0 Å². The molecule has 2 amide bonds. The molecule has 0 spiro atoms. The summed E-state index contributed by atoms with van der Waals surface area (Å²) in [6, 6.07) is 11.5. The molecule has 7 heteroatoms. The maximum atomic E-state index is 13.2. The molecule has 0 aromatic heterocycles. The van der Waals surface area contributed by atoms with Crippen molar-refractivity contribution in [2.75, 3.05) is 38.0 Å². The highest BCUT2D eigenvalue weighted by molar-refractivity contribution is 6.31. The van der Waals surface area contributed by atoms with Crippen molar-refractivity contribution in [3.8, 4) is 0 Å². The molecule has 1 fully saturated rings. The van der Waals surface area contributed by atoms with Gasteiger partial charge in [-0.25, -0.2) is 4.39 Å². The standard InChI is InChI=1S/C22H23ClFN3O2/c1-16-5-6-17(13-20(16)23)7-8-22(29)27-11-9-26(10-12-27)15-21(28)25-19-4-2-3-18(24)14-19/h2-8,13-14H,9-12,15H2,1H3,(H,25,28). The molecule has 0 saturated carbocycles. The van der Waals surface area contributed by atoms with Crippen LogP contribution in [-0.4, -0.2) is 54.3 Å². The predicted molar refractivity (Wildman–Crippen MR) is 113 cm³/mol. The van der Waals surface area contributed by atoms with Gasteiger partial charge in [-0.15, -0.1) is 0 Å². The fourth-order valence-corrected chi connectivity index (χ4v) is 3.27. The molecule has 2 aromatic rings. The topological polar surface area (TPSA) is 52.7 Å². The van der Waals surface area contributed by atoms with E-state index in [0.717, 1.165) is 11.1 Å². The monoisotopic (exact) mass is 415 g/mol. The van der Waals surface area contributed by atoms with Crippen molar-refractivity contribution in [1.29, 1.82) is 0 Å². The Morgan fingerprint density at radius 3 is 2.59 bits per heavy atom. The van der Waals surface area contributed by atoms with Crippen molar-refractivity contribution in [2.45, 2.75) is 6.92 Å². The van der Waals surface area contributed by atoms with Crippen LogP contribution in [0.1, 0.15) is 11.1 Å². The molecule has 1 aliphatic rings. The van der Waals surface area contributed by atoms with Gasteiger partial charge in [0.05, 0.1) is 6.54 Å². The third kappa shape index (κ3) is 6.14. The summed E-state index contributed by atoms with van der Waals surface area (Å²) in [6.07, 6.45) is 3.31. The van der Waals surface area contributed by atoms with E-state index in [4.69, 9.17) is 11.6 Å². The Morgan fingerprint density at radius 2 is 1.90 bits per heavy atom. The van der Waals surface area contributed by atoms with Gasteiger partial charge in [-0.1, -0.05) is 29.8 Å². The number of amides is 2. The van der Waals surface area contributed by atoms with E-state index in [1.54, 1.807) is 29.2 Å². The van der Waals surface area contributed by atoms with E-state index in [-0.39, 0.29) is 18.4 Å². The van der Waals surface area contributed by atoms with Crippen LogP contribution in [0.2, 0.25) is 5.02 Å². The lowest BCUT2D eigenvalue weighted by Gasteiger charge is -2.33.